The molecule has 1 aromatic carbocycles. The summed E-state index contributed by atoms with van der Waals surface area (Å²) in [6, 6.07) is 2.03. The van der Waals surface area contributed by atoms with Gasteiger partial charge in [0.2, 0.25) is 0 Å². The number of rotatable bonds is 4. The quantitative estimate of drug-likeness (QED) is 0.450. The highest BCUT2D eigenvalue weighted by Gasteiger charge is 2.07. The largest absolute Gasteiger partial charge is 0.496 e. The summed E-state index contributed by atoms with van der Waals surface area (Å²) in [6.07, 6.45) is 7.85. The lowest BCUT2D eigenvalue weighted by atomic mass is 9.97. The highest BCUT2D eigenvalue weighted by Crippen LogP contribution is 2.28. The van der Waals surface area contributed by atoms with E-state index in [2.05, 4.69) is 13.8 Å². The molecule has 0 amide bonds. The zero-order chi connectivity index (χ0) is 12.8. The average molecular weight is 230 g/mol. The van der Waals surface area contributed by atoms with E-state index in [-0.39, 0.29) is 0 Å². The molecule has 17 heavy (non-hydrogen) atoms. The van der Waals surface area contributed by atoms with Crippen molar-refractivity contribution < 1.29 is 9.53 Å². The molecule has 0 unspecified atom stereocenters. The number of ether oxygens (including phenoxy) is 1. The molecular formula is C15H18O2. The summed E-state index contributed by atoms with van der Waals surface area (Å²) in [5.41, 5.74) is 4.70. The van der Waals surface area contributed by atoms with E-state index in [9.17, 15) is 4.79 Å². The lowest BCUT2D eigenvalue weighted by Gasteiger charge is -2.13. The summed E-state index contributed by atoms with van der Waals surface area (Å²) in [5, 5.41) is 0. The second-order valence-electron chi connectivity index (χ2n) is 3.94. The monoisotopic (exact) mass is 230 g/mol. The second-order valence-corrected chi connectivity index (χ2v) is 3.94. The van der Waals surface area contributed by atoms with Crippen LogP contribution in [0.5, 0.6) is 5.75 Å². The Bertz CT molecular complexity index is 468. The van der Waals surface area contributed by atoms with Gasteiger partial charge in [0.25, 0.3) is 0 Å². The molecule has 0 aliphatic rings. The van der Waals surface area contributed by atoms with Crippen LogP contribution in [0.15, 0.2) is 24.3 Å². The summed E-state index contributed by atoms with van der Waals surface area (Å²) in [4.78, 5) is 10.2. The van der Waals surface area contributed by atoms with Gasteiger partial charge in [0, 0.05) is 0 Å². The van der Waals surface area contributed by atoms with Crippen LogP contribution in [0.2, 0.25) is 0 Å². The predicted octanol–water partition coefficient (Wildman–Crippen LogP) is 3.39. The molecule has 1 rings (SSSR count). The summed E-state index contributed by atoms with van der Waals surface area (Å²) < 4.78 is 5.32. The fourth-order valence-corrected chi connectivity index (χ4v) is 1.79. The SMILES string of the molecule is COc1cc(C)c(C=CC=CC=O)c(C)c1C. The topological polar surface area (TPSA) is 26.3 Å². The molecule has 0 atom stereocenters. The zero-order valence-electron chi connectivity index (χ0n) is 10.8. The van der Waals surface area contributed by atoms with E-state index in [1.165, 1.54) is 22.8 Å². The summed E-state index contributed by atoms with van der Waals surface area (Å²) in [5.74, 6) is 0.917. The van der Waals surface area contributed by atoms with Crippen molar-refractivity contribution in [1.29, 1.82) is 0 Å². The molecule has 0 heterocycles. The molecule has 2 heteroatoms. The van der Waals surface area contributed by atoms with Gasteiger partial charge in [0.05, 0.1) is 7.11 Å². The molecule has 0 N–H and O–H groups in total. The number of aryl methyl sites for hydroxylation is 1. The fourth-order valence-electron chi connectivity index (χ4n) is 1.79. The van der Waals surface area contributed by atoms with Crippen LogP contribution in [0.25, 0.3) is 6.08 Å². The minimum Gasteiger partial charge on any atom is -0.496 e. The first-order chi connectivity index (χ1) is 8.11. The Hall–Kier alpha value is -1.83. The average Bonchev–Trinajstić information content (AvgIpc) is 2.32. The fraction of sp³-hybridized carbons (Fsp3) is 0.267. The van der Waals surface area contributed by atoms with Crippen molar-refractivity contribution in [2.45, 2.75) is 20.8 Å². The van der Waals surface area contributed by atoms with Crippen molar-refractivity contribution in [3.05, 3.63) is 46.5 Å². The third-order valence-corrected chi connectivity index (χ3v) is 2.89. The molecule has 1 aromatic rings. The number of hydrogen-bond acceptors (Lipinski definition) is 2. The first kappa shape index (κ1) is 13.2. The summed E-state index contributed by atoms with van der Waals surface area (Å²) in [6.45, 7) is 6.18. The van der Waals surface area contributed by atoms with Crippen LogP contribution in [-0.2, 0) is 4.79 Å². The first-order valence-electron chi connectivity index (χ1n) is 5.55. The predicted molar refractivity (Wildman–Crippen MR) is 71.4 cm³/mol. The van der Waals surface area contributed by atoms with E-state index in [0.717, 1.165) is 17.6 Å². The van der Waals surface area contributed by atoms with Gasteiger partial charge in [-0.1, -0.05) is 18.2 Å². The van der Waals surface area contributed by atoms with Crippen molar-refractivity contribution in [2.24, 2.45) is 0 Å². The molecule has 0 fully saturated rings. The van der Waals surface area contributed by atoms with Crippen molar-refractivity contribution in [2.75, 3.05) is 7.11 Å². The minimum atomic E-state index is 0.767. The van der Waals surface area contributed by atoms with Crippen molar-refractivity contribution in [1.82, 2.24) is 0 Å². The van der Waals surface area contributed by atoms with Gasteiger partial charge in [-0.3, -0.25) is 4.79 Å². The summed E-state index contributed by atoms with van der Waals surface area (Å²) in [7, 11) is 1.68. The van der Waals surface area contributed by atoms with E-state index in [1.54, 1.807) is 13.2 Å². The molecule has 2 nitrogen and oxygen atoms in total. The van der Waals surface area contributed by atoms with E-state index >= 15 is 0 Å². The van der Waals surface area contributed by atoms with Crippen molar-refractivity contribution >= 4 is 12.4 Å². The number of hydrogen-bond donors (Lipinski definition) is 0. The minimum absolute atomic E-state index is 0.767. The third kappa shape index (κ3) is 3.06. The number of carbonyl (C=O) groups excluding carboxylic acids is 1. The maximum atomic E-state index is 10.2. The van der Waals surface area contributed by atoms with Crippen LogP contribution in [0.3, 0.4) is 0 Å². The van der Waals surface area contributed by atoms with Crippen molar-refractivity contribution in [3.8, 4) is 5.75 Å². The van der Waals surface area contributed by atoms with Crippen LogP contribution in [-0.4, -0.2) is 13.4 Å². The maximum absolute atomic E-state index is 10.2. The van der Waals surface area contributed by atoms with Gasteiger partial charge < -0.3 is 4.74 Å². The normalized spacial score (nSPS) is 11.3. The Morgan fingerprint density at radius 3 is 2.35 bits per heavy atom. The van der Waals surface area contributed by atoms with Gasteiger partial charge in [-0.25, -0.2) is 0 Å². The van der Waals surface area contributed by atoms with Gasteiger partial charge in [-0.05, 0) is 55.2 Å². The number of allylic oxidation sites excluding steroid dienone is 3. The molecule has 0 spiro atoms. The first-order valence-corrected chi connectivity index (χ1v) is 5.55. The Morgan fingerprint density at radius 2 is 1.76 bits per heavy atom. The standard InChI is InChI=1S/C15H18O2/c1-11-10-15(17-4)13(3)12(2)14(11)8-6-5-7-9-16/h5-10H,1-4H3. The Labute approximate surface area is 103 Å². The van der Waals surface area contributed by atoms with Crippen LogP contribution in [0.4, 0.5) is 0 Å². The Balaban J connectivity index is 3.17. The van der Waals surface area contributed by atoms with Gasteiger partial charge in [-0.15, -0.1) is 0 Å². The molecule has 0 radical (unpaired) electrons. The van der Waals surface area contributed by atoms with Crippen LogP contribution in [0, 0.1) is 20.8 Å². The second kappa shape index (κ2) is 6.04. The molecule has 90 valence electrons. The highest BCUT2D eigenvalue weighted by atomic mass is 16.5. The molecule has 0 aliphatic carbocycles. The van der Waals surface area contributed by atoms with E-state index in [0.29, 0.717) is 0 Å². The van der Waals surface area contributed by atoms with Gasteiger partial charge in [0.15, 0.2) is 0 Å². The lowest BCUT2D eigenvalue weighted by Crippen LogP contribution is -1.95. The lowest BCUT2D eigenvalue weighted by molar-refractivity contribution is -0.104. The number of aldehydes is 1. The number of benzene rings is 1. The van der Waals surface area contributed by atoms with Gasteiger partial charge in [0.1, 0.15) is 12.0 Å². The van der Waals surface area contributed by atoms with Crippen molar-refractivity contribution in [3.63, 3.8) is 0 Å². The molecule has 0 saturated carbocycles. The third-order valence-electron chi connectivity index (χ3n) is 2.89. The summed E-state index contributed by atoms with van der Waals surface area (Å²) >= 11 is 0. The van der Waals surface area contributed by atoms with Gasteiger partial charge in [-0.2, -0.15) is 0 Å². The molecular weight excluding hydrogens is 212 g/mol. The number of methoxy groups -OCH3 is 1. The van der Waals surface area contributed by atoms with Crippen LogP contribution in [0.1, 0.15) is 22.3 Å². The molecule has 0 bridgehead atoms. The Morgan fingerprint density at radius 1 is 1.06 bits per heavy atom. The Kier molecular flexibility index (Phi) is 4.70. The van der Waals surface area contributed by atoms with E-state index in [1.807, 2.05) is 25.1 Å². The maximum Gasteiger partial charge on any atom is 0.142 e. The smallest absolute Gasteiger partial charge is 0.142 e. The van der Waals surface area contributed by atoms with E-state index < -0.39 is 0 Å². The molecule has 0 saturated heterocycles. The van der Waals surface area contributed by atoms with E-state index in [4.69, 9.17) is 4.74 Å². The van der Waals surface area contributed by atoms with Crippen LogP contribution >= 0.6 is 0 Å². The highest BCUT2D eigenvalue weighted by molar-refractivity contribution is 5.67. The molecule has 0 aromatic heterocycles. The number of carbonyl (C=O) groups is 1. The zero-order valence-corrected chi connectivity index (χ0v) is 10.8. The van der Waals surface area contributed by atoms with Crippen LogP contribution < -0.4 is 4.74 Å². The van der Waals surface area contributed by atoms with Gasteiger partial charge >= 0.3 is 0 Å². The molecule has 0 aliphatic heterocycles.